The number of nitrogens with one attached hydrogen (secondary N) is 2. The van der Waals surface area contributed by atoms with Crippen LogP contribution in [-0.2, 0) is 0 Å². The monoisotopic (exact) mass is 262 g/mol. The van der Waals surface area contributed by atoms with Crippen molar-refractivity contribution in [3.63, 3.8) is 0 Å². The minimum absolute atomic E-state index is 0.0700. The SMILES string of the molecule is Cc1cc(=O)c(C(=O)Nc2cccc(Cl)c2)c[nH]1. The standard InChI is InChI=1S/C13H11ClN2O2/c1-8-5-12(17)11(7-15-8)13(18)16-10-4-2-3-9(14)6-10/h2-7H,1H3,(H,15,17)(H,16,18). The fraction of sp³-hybridized carbons (Fsp3) is 0.0769. The van der Waals surface area contributed by atoms with Crippen molar-refractivity contribution in [2.75, 3.05) is 5.32 Å². The van der Waals surface area contributed by atoms with E-state index in [1.807, 2.05) is 0 Å². The molecule has 0 unspecified atom stereocenters. The quantitative estimate of drug-likeness (QED) is 0.874. The summed E-state index contributed by atoms with van der Waals surface area (Å²) in [6.45, 7) is 1.75. The zero-order chi connectivity index (χ0) is 13.1. The number of amides is 1. The number of rotatable bonds is 2. The summed E-state index contributed by atoms with van der Waals surface area (Å²) < 4.78 is 0. The van der Waals surface area contributed by atoms with Crippen LogP contribution in [0.3, 0.4) is 0 Å². The molecule has 5 heteroatoms. The summed E-state index contributed by atoms with van der Waals surface area (Å²) >= 11 is 5.81. The Morgan fingerprint density at radius 2 is 2.11 bits per heavy atom. The summed E-state index contributed by atoms with van der Waals surface area (Å²) in [4.78, 5) is 26.3. The van der Waals surface area contributed by atoms with Crippen LogP contribution in [0.4, 0.5) is 5.69 Å². The number of benzene rings is 1. The average Bonchev–Trinajstić information content (AvgIpc) is 2.28. The van der Waals surface area contributed by atoms with Gasteiger partial charge in [-0.05, 0) is 25.1 Å². The van der Waals surface area contributed by atoms with Crippen molar-refractivity contribution in [2.24, 2.45) is 0 Å². The van der Waals surface area contributed by atoms with E-state index < -0.39 is 5.91 Å². The van der Waals surface area contributed by atoms with Gasteiger partial charge in [-0.25, -0.2) is 0 Å². The number of hydrogen-bond donors (Lipinski definition) is 2. The lowest BCUT2D eigenvalue weighted by Gasteiger charge is -2.05. The fourth-order valence-electron chi connectivity index (χ4n) is 1.52. The normalized spacial score (nSPS) is 10.1. The molecule has 0 aliphatic heterocycles. The summed E-state index contributed by atoms with van der Waals surface area (Å²) in [5.41, 5.74) is 1.01. The number of hydrogen-bond acceptors (Lipinski definition) is 2. The topological polar surface area (TPSA) is 62.0 Å². The number of pyridine rings is 1. The number of halogens is 1. The largest absolute Gasteiger partial charge is 0.364 e. The van der Waals surface area contributed by atoms with Gasteiger partial charge < -0.3 is 10.3 Å². The van der Waals surface area contributed by atoms with Crippen LogP contribution in [0, 0.1) is 6.92 Å². The van der Waals surface area contributed by atoms with Crippen molar-refractivity contribution < 1.29 is 4.79 Å². The Labute approximate surface area is 109 Å². The summed E-state index contributed by atoms with van der Waals surface area (Å²) in [5, 5.41) is 3.14. The Hall–Kier alpha value is -2.07. The van der Waals surface area contributed by atoms with Crippen LogP contribution in [0.5, 0.6) is 0 Å². The summed E-state index contributed by atoms with van der Waals surface area (Å²) in [6.07, 6.45) is 1.40. The minimum atomic E-state index is -0.460. The van der Waals surface area contributed by atoms with E-state index in [2.05, 4.69) is 10.3 Å². The van der Waals surface area contributed by atoms with E-state index in [1.54, 1.807) is 31.2 Å². The second-order valence-corrected chi connectivity index (χ2v) is 4.29. The highest BCUT2D eigenvalue weighted by atomic mass is 35.5. The highest BCUT2D eigenvalue weighted by Crippen LogP contribution is 2.15. The molecule has 1 aromatic carbocycles. The molecule has 2 rings (SSSR count). The fourth-order valence-corrected chi connectivity index (χ4v) is 1.71. The smallest absolute Gasteiger partial charge is 0.261 e. The maximum atomic E-state index is 11.9. The molecule has 4 nitrogen and oxygen atoms in total. The van der Waals surface area contributed by atoms with Gasteiger partial charge in [0, 0.05) is 28.7 Å². The van der Waals surface area contributed by atoms with Crippen LogP contribution < -0.4 is 10.7 Å². The zero-order valence-corrected chi connectivity index (χ0v) is 10.4. The molecule has 1 heterocycles. The lowest BCUT2D eigenvalue weighted by molar-refractivity contribution is 0.102. The molecule has 0 aliphatic carbocycles. The van der Waals surface area contributed by atoms with Gasteiger partial charge in [-0.1, -0.05) is 17.7 Å². The van der Waals surface area contributed by atoms with Crippen molar-refractivity contribution in [3.05, 3.63) is 63.0 Å². The summed E-state index contributed by atoms with van der Waals surface area (Å²) in [6, 6.07) is 8.12. The molecule has 0 saturated carbocycles. The zero-order valence-electron chi connectivity index (χ0n) is 9.66. The van der Waals surface area contributed by atoms with Crippen LogP contribution in [0.1, 0.15) is 16.1 Å². The Kier molecular flexibility index (Phi) is 3.48. The number of aromatic nitrogens is 1. The predicted octanol–water partition coefficient (Wildman–Crippen LogP) is 2.59. The first-order chi connectivity index (χ1) is 8.56. The van der Waals surface area contributed by atoms with Crippen molar-refractivity contribution in [1.82, 2.24) is 4.98 Å². The van der Waals surface area contributed by atoms with Gasteiger partial charge in [0.15, 0.2) is 5.43 Å². The predicted molar refractivity (Wildman–Crippen MR) is 71.2 cm³/mol. The third-order valence-corrected chi connectivity index (χ3v) is 2.62. The molecule has 0 atom stereocenters. The van der Waals surface area contributed by atoms with Gasteiger partial charge in [-0.2, -0.15) is 0 Å². The highest BCUT2D eigenvalue weighted by molar-refractivity contribution is 6.30. The first kappa shape index (κ1) is 12.4. The Morgan fingerprint density at radius 1 is 1.33 bits per heavy atom. The van der Waals surface area contributed by atoms with Gasteiger partial charge in [-0.15, -0.1) is 0 Å². The van der Waals surface area contributed by atoms with Gasteiger partial charge in [0.05, 0.1) is 0 Å². The highest BCUT2D eigenvalue weighted by Gasteiger charge is 2.10. The molecule has 1 aromatic heterocycles. The second-order valence-electron chi connectivity index (χ2n) is 3.86. The van der Waals surface area contributed by atoms with E-state index in [-0.39, 0.29) is 11.0 Å². The lowest BCUT2D eigenvalue weighted by Crippen LogP contribution is -2.21. The molecular formula is C13H11ClN2O2. The third kappa shape index (κ3) is 2.78. The van der Waals surface area contributed by atoms with Crippen LogP contribution in [-0.4, -0.2) is 10.9 Å². The maximum absolute atomic E-state index is 11.9. The number of carbonyl (C=O) groups is 1. The molecule has 0 saturated heterocycles. The van der Waals surface area contributed by atoms with E-state index in [0.717, 1.165) is 0 Å². The van der Waals surface area contributed by atoms with Gasteiger partial charge in [0.25, 0.3) is 5.91 Å². The van der Waals surface area contributed by atoms with Crippen LogP contribution >= 0.6 is 11.6 Å². The molecule has 0 aliphatic rings. The third-order valence-electron chi connectivity index (χ3n) is 2.38. The Balaban J connectivity index is 2.25. The number of aryl methyl sites for hydroxylation is 1. The molecule has 0 spiro atoms. The molecule has 92 valence electrons. The van der Waals surface area contributed by atoms with Crippen LogP contribution in [0.15, 0.2) is 41.3 Å². The first-order valence-electron chi connectivity index (χ1n) is 5.32. The molecule has 18 heavy (non-hydrogen) atoms. The number of carbonyl (C=O) groups excluding carboxylic acids is 1. The van der Waals surface area contributed by atoms with Gasteiger partial charge >= 0.3 is 0 Å². The molecular weight excluding hydrogens is 252 g/mol. The molecule has 1 amide bonds. The van der Waals surface area contributed by atoms with E-state index >= 15 is 0 Å². The van der Waals surface area contributed by atoms with E-state index in [4.69, 9.17) is 11.6 Å². The minimum Gasteiger partial charge on any atom is -0.364 e. The van der Waals surface area contributed by atoms with Crippen molar-refractivity contribution in [3.8, 4) is 0 Å². The second kappa shape index (κ2) is 5.06. The molecule has 2 aromatic rings. The Bertz CT molecular complexity index is 649. The maximum Gasteiger partial charge on any atom is 0.261 e. The van der Waals surface area contributed by atoms with Gasteiger partial charge in [-0.3, -0.25) is 9.59 Å². The van der Waals surface area contributed by atoms with Crippen molar-refractivity contribution in [1.29, 1.82) is 0 Å². The molecule has 2 N–H and O–H groups in total. The number of aromatic amines is 1. The van der Waals surface area contributed by atoms with Gasteiger partial charge in [0.2, 0.25) is 0 Å². The average molecular weight is 263 g/mol. The van der Waals surface area contributed by atoms with E-state index in [9.17, 15) is 9.59 Å². The van der Waals surface area contributed by atoms with E-state index in [1.165, 1.54) is 12.3 Å². The number of H-pyrrole nitrogens is 1. The lowest BCUT2D eigenvalue weighted by atomic mass is 10.2. The van der Waals surface area contributed by atoms with Gasteiger partial charge in [0.1, 0.15) is 5.56 Å². The molecule has 0 bridgehead atoms. The summed E-state index contributed by atoms with van der Waals surface area (Å²) in [5.74, 6) is -0.460. The van der Waals surface area contributed by atoms with Crippen LogP contribution in [0.25, 0.3) is 0 Å². The van der Waals surface area contributed by atoms with Crippen molar-refractivity contribution in [2.45, 2.75) is 6.92 Å². The number of anilines is 1. The van der Waals surface area contributed by atoms with E-state index in [0.29, 0.717) is 16.4 Å². The summed E-state index contributed by atoms with van der Waals surface area (Å²) in [7, 11) is 0. The molecule has 0 radical (unpaired) electrons. The van der Waals surface area contributed by atoms with Crippen molar-refractivity contribution >= 4 is 23.2 Å². The molecule has 0 fully saturated rings. The first-order valence-corrected chi connectivity index (χ1v) is 5.70. The Morgan fingerprint density at radius 3 is 2.78 bits per heavy atom. The van der Waals surface area contributed by atoms with Crippen LogP contribution in [0.2, 0.25) is 5.02 Å².